The van der Waals surface area contributed by atoms with Crippen LogP contribution in [0.5, 0.6) is 11.5 Å². The van der Waals surface area contributed by atoms with Gasteiger partial charge in [-0.3, -0.25) is 4.79 Å². The third-order valence-electron chi connectivity index (χ3n) is 3.66. The monoisotopic (exact) mass is 469 g/mol. The van der Waals surface area contributed by atoms with Gasteiger partial charge in [-0.15, -0.1) is 0 Å². The first-order chi connectivity index (χ1) is 11.9. The van der Waals surface area contributed by atoms with Gasteiger partial charge in [-0.05, 0) is 64.7 Å². The van der Waals surface area contributed by atoms with Crippen molar-refractivity contribution >= 4 is 43.5 Å². The lowest BCUT2D eigenvalue weighted by Gasteiger charge is -2.16. The minimum absolute atomic E-state index is 0.203. The third-order valence-corrected chi connectivity index (χ3v) is 4.75. The van der Waals surface area contributed by atoms with Gasteiger partial charge in [0.25, 0.3) is 5.91 Å². The Morgan fingerprint density at radius 3 is 2.52 bits per heavy atom. The Kier molecular flexibility index (Phi) is 6.90. The first-order valence-corrected chi connectivity index (χ1v) is 9.57. The summed E-state index contributed by atoms with van der Waals surface area (Å²) in [6.07, 6.45) is 0. The van der Waals surface area contributed by atoms with E-state index in [1.807, 2.05) is 25.1 Å². The molecule has 134 valence electrons. The zero-order valence-corrected chi connectivity index (χ0v) is 17.8. The van der Waals surface area contributed by atoms with Crippen molar-refractivity contribution in [3.05, 3.63) is 50.4 Å². The second kappa shape index (κ2) is 8.72. The molecule has 0 aliphatic rings. The molecule has 0 radical (unpaired) electrons. The molecule has 0 saturated carbocycles. The number of anilines is 1. The number of hydrogen-bond donors (Lipinski definition) is 1. The van der Waals surface area contributed by atoms with Crippen molar-refractivity contribution < 1.29 is 14.3 Å². The molecule has 2 rings (SSSR count). The quantitative estimate of drug-likeness (QED) is 0.563. The molecule has 0 saturated heterocycles. The van der Waals surface area contributed by atoms with Crippen molar-refractivity contribution in [2.24, 2.45) is 0 Å². The second-order valence-corrected chi connectivity index (χ2v) is 7.53. The average Bonchev–Trinajstić information content (AvgIpc) is 2.57. The Labute approximate surface area is 165 Å². The molecule has 0 unspecified atom stereocenters. The van der Waals surface area contributed by atoms with E-state index in [4.69, 9.17) is 9.47 Å². The molecule has 0 heterocycles. The molecule has 4 nitrogen and oxygen atoms in total. The van der Waals surface area contributed by atoms with E-state index in [2.05, 4.69) is 51.0 Å². The first kappa shape index (κ1) is 19.8. The SMILES string of the molecule is CCOc1c(Br)cc(C(=O)Nc2ccc(Br)cc2C(C)C)cc1OC. The van der Waals surface area contributed by atoms with Crippen LogP contribution in [-0.4, -0.2) is 19.6 Å². The van der Waals surface area contributed by atoms with Crippen LogP contribution in [0.3, 0.4) is 0 Å². The standard InChI is InChI=1S/C19H21Br2NO3/c1-5-25-18-15(21)8-12(9-17(18)24-4)19(23)22-16-7-6-13(20)10-14(16)11(2)3/h6-11H,5H2,1-4H3,(H,22,23). The lowest BCUT2D eigenvalue weighted by molar-refractivity contribution is 0.102. The van der Waals surface area contributed by atoms with Crippen LogP contribution in [0.1, 0.15) is 42.6 Å². The summed E-state index contributed by atoms with van der Waals surface area (Å²) in [5.41, 5.74) is 2.36. The maximum atomic E-state index is 12.7. The fraction of sp³-hybridized carbons (Fsp3) is 0.316. The Balaban J connectivity index is 2.35. The fourth-order valence-corrected chi connectivity index (χ4v) is 3.39. The molecule has 0 aliphatic carbocycles. The minimum Gasteiger partial charge on any atom is -0.493 e. The Bertz CT molecular complexity index is 776. The van der Waals surface area contributed by atoms with Crippen molar-refractivity contribution in [1.29, 1.82) is 0 Å². The van der Waals surface area contributed by atoms with Gasteiger partial charge in [-0.25, -0.2) is 0 Å². The molecule has 0 atom stereocenters. The number of ether oxygens (including phenoxy) is 2. The van der Waals surface area contributed by atoms with Crippen molar-refractivity contribution in [1.82, 2.24) is 0 Å². The third kappa shape index (κ3) is 4.76. The number of amides is 1. The highest BCUT2D eigenvalue weighted by molar-refractivity contribution is 9.10. The maximum absolute atomic E-state index is 12.7. The highest BCUT2D eigenvalue weighted by atomic mass is 79.9. The van der Waals surface area contributed by atoms with E-state index >= 15 is 0 Å². The molecule has 1 N–H and O–H groups in total. The van der Waals surface area contributed by atoms with Gasteiger partial charge in [0.05, 0.1) is 18.2 Å². The number of methoxy groups -OCH3 is 1. The smallest absolute Gasteiger partial charge is 0.255 e. The highest BCUT2D eigenvalue weighted by Crippen LogP contribution is 2.37. The van der Waals surface area contributed by atoms with Gasteiger partial charge in [0.2, 0.25) is 0 Å². The van der Waals surface area contributed by atoms with Crippen molar-refractivity contribution in [2.75, 3.05) is 19.0 Å². The second-order valence-electron chi connectivity index (χ2n) is 5.76. The van der Waals surface area contributed by atoms with Crippen LogP contribution >= 0.6 is 31.9 Å². The summed E-state index contributed by atoms with van der Waals surface area (Å²) >= 11 is 6.93. The number of halogens is 2. The largest absolute Gasteiger partial charge is 0.493 e. The molecule has 25 heavy (non-hydrogen) atoms. The Morgan fingerprint density at radius 1 is 1.20 bits per heavy atom. The van der Waals surface area contributed by atoms with Gasteiger partial charge in [0.1, 0.15) is 0 Å². The molecule has 0 fully saturated rings. The summed E-state index contributed by atoms with van der Waals surface area (Å²) in [6.45, 7) is 6.59. The fourth-order valence-electron chi connectivity index (χ4n) is 2.45. The molecule has 0 bridgehead atoms. The molecule has 1 amide bonds. The highest BCUT2D eigenvalue weighted by Gasteiger charge is 2.17. The number of carbonyl (C=O) groups excluding carboxylic acids is 1. The summed E-state index contributed by atoms with van der Waals surface area (Å²) < 4.78 is 12.6. The van der Waals surface area contributed by atoms with E-state index in [0.29, 0.717) is 28.1 Å². The number of rotatable bonds is 6. The number of hydrogen-bond acceptors (Lipinski definition) is 3. The van der Waals surface area contributed by atoms with Crippen LogP contribution in [0.2, 0.25) is 0 Å². The first-order valence-electron chi connectivity index (χ1n) is 7.98. The summed E-state index contributed by atoms with van der Waals surface area (Å²) in [4.78, 5) is 12.7. The van der Waals surface area contributed by atoms with Gasteiger partial charge in [-0.2, -0.15) is 0 Å². The molecular formula is C19H21Br2NO3. The number of benzene rings is 2. The predicted molar refractivity (Wildman–Crippen MR) is 108 cm³/mol. The van der Waals surface area contributed by atoms with Crippen molar-refractivity contribution in [2.45, 2.75) is 26.7 Å². The van der Waals surface area contributed by atoms with E-state index in [-0.39, 0.29) is 11.8 Å². The van der Waals surface area contributed by atoms with Crippen molar-refractivity contribution in [3.8, 4) is 11.5 Å². The summed E-state index contributed by atoms with van der Waals surface area (Å²) in [7, 11) is 1.55. The summed E-state index contributed by atoms with van der Waals surface area (Å²) in [5, 5.41) is 2.99. The van der Waals surface area contributed by atoms with Crippen LogP contribution < -0.4 is 14.8 Å². The molecule has 2 aromatic rings. The molecule has 2 aromatic carbocycles. The molecular weight excluding hydrogens is 450 g/mol. The normalized spacial score (nSPS) is 10.7. The maximum Gasteiger partial charge on any atom is 0.255 e. The van der Waals surface area contributed by atoms with E-state index in [0.717, 1.165) is 15.7 Å². The molecule has 0 aromatic heterocycles. The van der Waals surface area contributed by atoms with Gasteiger partial charge >= 0.3 is 0 Å². The van der Waals surface area contributed by atoms with E-state index in [1.54, 1.807) is 19.2 Å². The van der Waals surface area contributed by atoms with Gasteiger partial charge < -0.3 is 14.8 Å². The van der Waals surface area contributed by atoms with E-state index in [9.17, 15) is 4.79 Å². The van der Waals surface area contributed by atoms with Gasteiger partial charge in [0.15, 0.2) is 11.5 Å². The van der Waals surface area contributed by atoms with Gasteiger partial charge in [-0.1, -0.05) is 29.8 Å². The minimum atomic E-state index is -0.203. The lowest BCUT2D eigenvalue weighted by atomic mass is 10.0. The molecule has 0 spiro atoms. The van der Waals surface area contributed by atoms with Crippen LogP contribution in [-0.2, 0) is 0 Å². The Hall–Kier alpha value is -1.53. The number of carbonyl (C=O) groups is 1. The zero-order valence-electron chi connectivity index (χ0n) is 14.7. The van der Waals surface area contributed by atoms with Crippen LogP contribution in [0.4, 0.5) is 5.69 Å². The summed E-state index contributed by atoms with van der Waals surface area (Å²) in [5.74, 6) is 1.19. The lowest BCUT2D eigenvalue weighted by Crippen LogP contribution is -2.14. The zero-order chi connectivity index (χ0) is 18.6. The van der Waals surface area contributed by atoms with Crippen LogP contribution in [0.15, 0.2) is 39.3 Å². The van der Waals surface area contributed by atoms with E-state index in [1.165, 1.54) is 0 Å². The average molecular weight is 471 g/mol. The van der Waals surface area contributed by atoms with Crippen LogP contribution in [0.25, 0.3) is 0 Å². The van der Waals surface area contributed by atoms with Crippen molar-refractivity contribution in [3.63, 3.8) is 0 Å². The predicted octanol–water partition coefficient (Wildman–Crippen LogP) is 5.99. The van der Waals surface area contributed by atoms with Crippen LogP contribution in [0, 0.1) is 0 Å². The summed E-state index contributed by atoms with van der Waals surface area (Å²) in [6, 6.07) is 9.25. The van der Waals surface area contributed by atoms with E-state index < -0.39 is 0 Å². The topological polar surface area (TPSA) is 47.6 Å². The molecule has 6 heteroatoms. The molecule has 0 aliphatic heterocycles. The number of nitrogens with one attached hydrogen (secondary N) is 1. The Morgan fingerprint density at radius 2 is 1.92 bits per heavy atom. The van der Waals surface area contributed by atoms with Gasteiger partial charge in [0, 0.05) is 15.7 Å².